The van der Waals surface area contributed by atoms with Gasteiger partial charge in [-0.15, -0.1) is 0 Å². The Labute approximate surface area is 114 Å². The molecule has 1 heterocycles. The Morgan fingerprint density at radius 3 is 2.39 bits per heavy atom. The summed E-state index contributed by atoms with van der Waals surface area (Å²) < 4.78 is 0. The first-order valence-electron chi connectivity index (χ1n) is 8.31. The van der Waals surface area contributed by atoms with E-state index in [1.165, 1.54) is 84.1 Å². The summed E-state index contributed by atoms with van der Waals surface area (Å²) in [7, 11) is 0. The topological polar surface area (TPSA) is 15.3 Å². The monoisotopic (exact) mass is 252 g/mol. The van der Waals surface area contributed by atoms with Crippen molar-refractivity contribution in [2.45, 2.75) is 58.3 Å². The SMILES string of the molecule is CCCC1CCN(CCNCC2CCCC2)CC1. The quantitative estimate of drug-likeness (QED) is 0.700. The zero-order chi connectivity index (χ0) is 12.6. The number of hydrogen-bond donors (Lipinski definition) is 1. The number of nitrogens with zero attached hydrogens (tertiary/aromatic N) is 1. The van der Waals surface area contributed by atoms with E-state index < -0.39 is 0 Å². The van der Waals surface area contributed by atoms with E-state index in [9.17, 15) is 0 Å². The Kier molecular flexibility index (Phi) is 6.50. The van der Waals surface area contributed by atoms with Gasteiger partial charge in [-0.2, -0.15) is 0 Å². The summed E-state index contributed by atoms with van der Waals surface area (Å²) in [5.41, 5.74) is 0. The molecule has 2 nitrogen and oxygen atoms in total. The van der Waals surface area contributed by atoms with Crippen molar-refractivity contribution in [2.75, 3.05) is 32.7 Å². The summed E-state index contributed by atoms with van der Waals surface area (Å²) in [6, 6.07) is 0. The third kappa shape index (κ3) is 4.89. The zero-order valence-corrected chi connectivity index (χ0v) is 12.3. The van der Waals surface area contributed by atoms with Gasteiger partial charge < -0.3 is 10.2 Å². The van der Waals surface area contributed by atoms with Gasteiger partial charge in [-0.05, 0) is 57.2 Å². The van der Waals surface area contributed by atoms with Gasteiger partial charge in [0.25, 0.3) is 0 Å². The van der Waals surface area contributed by atoms with E-state index in [1.807, 2.05) is 0 Å². The van der Waals surface area contributed by atoms with E-state index in [-0.39, 0.29) is 0 Å². The van der Waals surface area contributed by atoms with Crippen molar-refractivity contribution in [3.05, 3.63) is 0 Å². The van der Waals surface area contributed by atoms with Crippen molar-refractivity contribution in [1.29, 1.82) is 0 Å². The molecule has 1 saturated carbocycles. The lowest BCUT2D eigenvalue weighted by Crippen LogP contribution is -2.39. The Morgan fingerprint density at radius 2 is 1.72 bits per heavy atom. The fraction of sp³-hybridized carbons (Fsp3) is 1.00. The van der Waals surface area contributed by atoms with Crippen LogP contribution in [0, 0.1) is 11.8 Å². The number of likely N-dealkylation sites (tertiary alicyclic amines) is 1. The summed E-state index contributed by atoms with van der Waals surface area (Å²) in [5, 5.41) is 3.67. The molecule has 2 rings (SSSR count). The molecule has 0 aromatic carbocycles. The molecule has 18 heavy (non-hydrogen) atoms. The second-order valence-corrected chi connectivity index (χ2v) is 6.43. The molecule has 0 spiro atoms. The van der Waals surface area contributed by atoms with E-state index in [4.69, 9.17) is 0 Å². The summed E-state index contributed by atoms with van der Waals surface area (Å²) in [6.07, 6.45) is 11.6. The maximum Gasteiger partial charge on any atom is 0.0107 e. The van der Waals surface area contributed by atoms with Crippen LogP contribution in [0.2, 0.25) is 0 Å². The van der Waals surface area contributed by atoms with Crippen molar-refractivity contribution < 1.29 is 0 Å². The molecular formula is C16H32N2. The van der Waals surface area contributed by atoms with Crippen molar-refractivity contribution in [1.82, 2.24) is 10.2 Å². The Bertz CT molecular complexity index is 203. The van der Waals surface area contributed by atoms with Crippen molar-refractivity contribution in [3.8, 4) is 0 Å². The fourth-order valence-electron chi connectivity index (χ4n) is 3.66. The van der Waals surface area contributed by atoms with Crippen LogP contribution >= 0.6 is 0 Å². The van der Waals surface area contributed by atoms with Gasteiger partial charge in [0.15, 0.2) is 0 Å². The zero-order valence-electron chi connectivity index (χ0n) is 12.3. The van der Waals surface area contributed by atoms with Crippen LogP contribution in [0.3, 0.4) is 0 Å². The molecular weight excluding hydrogens is 220 g/mol. The minimum absolute atomic E-state index is 0.986. The molecule has 0 aromatic heterocycles. The highest BCUT2D eigenvalue weighted by molar-refractivity contribution is 4.73. The van der Waals surface area contributed by atoms with Crippen LogP contribution in [0.15, 0.2) is 0 Å². The minimum Gasteiger partial charge on any atom is -0.315 e. The van der Waals surface area contributed by atoms with Crippen LogP contribution in [0.25, 0.3) is 0 Å². The third-order valence-corrected chi connectivity index (χ3v) is 4.92. The maximum absolute atomic E-state index is 3.67. The van der Waals surface area contributed by atoms with E-state index >= 15 is 0 Å². The maximum atomic E-state index is 3.67. The van der Waals surface area contributed by atoms with Gasteiger partial charge in [-0.3, -0.25) is 0 Å². The predicted molar refractivity (Wildman–Crippen MR) is 78.9 cm³/mol. The second kappa shape index (κ2) is 8.16. The third-order valence-electron chi connectivity index (χ3n) is 4.92. The molecule has 1 aliphatic heterocycles. The van der Waals surface area contributed by atoms with Gasteiger partial charge in [-0.1, -0.05) is 32.6 Å². The molecule has 1 aliphatic carbocycles. The van der Waals surface area contributed by atoms with Crippen molar-refractivity contribution in [2.24, 2.45) is 11.8 Å². The van der Waals surface area contributed by atoms with Gasteiger partial charge in [-0.25, -0.2) is 0 Å². The molecule has 2 fully saturated rings. The molecule has 1 N–H and O–H groups in total. The molecule has 0 atom stereocenters. The summed E-state index contributed by atoms with van der Waals surface area (Å²) in [4.78, 5) is 2.66. The van der Waals surface area contributed by atoms with Crippen molar-refractivity contribution >= 4 is 0 Å². The number of hydrogen-bond acceptors (Lipinski definition) is 2. The summed E-state index contributed by atoms with van der Waals surface area (Å²) in [6.45, 7) is 8.75. The normalized spacial score (nSPS) is 23.8. The standard InChI is InChI=1S/C16H32N2/c1-2-5-15-8-11-18(12-9-15)13-10-17-14-16-6-3-4-7-16/h15-17H,2-14H2,1H3. The predicted octanol–water partition coefficient (Wildman–Crippen LogP) is 3.28. The van der Waals surface area contributed by atoms with Gasteiger partial charge in [0.1, 0.15) is 0 Å². The van der Waals surface area contributed by atoms with Gasteiger partial charge in [0.05, 0.1) is 0 Å². The fourth-order valence-corrected chi connectivity index (χ4v) is 3.66. The molecule has 0 radical (unpaired) electrons. The number of nitrogens with one attached hydrogen (secondary N) is 1. The first-order valence-corrected chi connectivity index (χ1v) is 8.31. The molecule has 1 saturated heterocycles. The smallest absolute Gasteiger partial charge is 0.0107 e. The van der Waals surface area contributed by atoms with E-state index in [0.717, 1.165) is 11.8 Å². The van der Waals surface area contributed by atoms with Crippen LogP contribution in [0.4, 0.5) is 0 Å². The Hall–Kier alpha value is -0.0800. The molecule has 0 amide bonds. The van der Waals surface area contributed by atoms with Crippen LogP contribution in [0.1, 0.15) is 58.3 Å². The van der Waals surface area contributed by atoms with E-state index in [2.05, 4.69) is 17.1 Å². The van der Waals surface area contributed by atoms with Gasteiger partial charge in [0, 0.05) is 13.1 Å². The average Bonchev–Trinajstić information content (AvgIpc) is 2.90. The van der Waals surface area contributed by atoms with Crippen LogP contribution in [-0.4, -0.2) is 37.6 Å². The lowest BCUT2D eigenvalue weighted by molar-refractivity contribution is 0.178. The highest BCUT2D eigenvalue weighted by Crippen LogP contribution is 2.23. The molecule has 0 bridgehead atoms. The summed E-state index contributed by atoms with van der Waals surface area (Å²) in [5.74, 6) is 2.01. The number of piperidine rings is 1. The largest absolute Gasteiger partial charge is 0.315 e. The molecule has 106 valence electrons. The highest BCUT2D eigenvalue weighted by atomic mass is 15.1. The lowest BCUT2D eigenvalue weighted by Gasteiger charge is -2.32. The second-order valence-electron chi connectivity index (χ2n) is 6.43. The molecule has 0 unspecified atom stereocenters. The van der Waals surface area contributed by atoms with Gasteiger partial charge in [0.2, 0.25) is 0 Å². The van der Waals surface area contributed by atoms with Crippen LogP contribution in [-0.2, 0) is 0 Å². The van der Waals surface area contributed by atoms with Crippen LogP contribution in [0.5, 0.6) is 0 Å². The molecule has 2 heteroatoms. The summed E-state index contributed by atoms with van der Waals surface area (Å²) >= 11 is 0. The lowest BCUT2D eigenvalue weighted by atomic mass is 9.92. The molecule has 2 aliphatic rings. The Balaban J connectivity index is 1.47. The van der Waals surface area contributed by atoms with E-state index in [1.54, 1.807) is 0 Å². The Morgan fingerprint density at radius 1 is 1.00 bits per heavy atom. The molecule has 0 aromatic rings. The van der Waals surface area contributed by atoms with Crippen LogP contribution < -0.4 is 5.32 Å². The first-order chi connectivity index (χ1) is 8.88. The number of rotatable bonds is 7. The highest BCUT2D eigenvalue weighted by Gasteiger charge is 2.18. The minimum atomic E-state index is 0.986. The van der Waals surface area contributed by atoms with Gasteiger partial charge >= 0.3 is 0 Å². The van der Waals surface area contributed by atoms with Crippen molar-refractivity contribution in [3.63, 3.8) is 0 Å². The average molecular weight is 252 g/mol. The first kappa shape index (κ1) is 14.3. The van der Waals surface area contributed by atoms with E-state index in [0.29, 0.717) is 0 Å².